The molecule has 0 aliphatic heterocycles. The maximum absolute atomic E-state index is 3.60. The molecule has 1 nitrogen and oxygen atoms in total. The molecule has 1 N–H and O–H groups in total. The number of hydrogen-bond donors (Lipinski definition) is 1. The summed E-state index contributed by atoms with van der Waals surface area (Å²) in [5.74, 6) is 0. The van der Waals surface area contributed by atoms with Gasteiger partial charge in [0.1, 0.15) is 0 Å². The summed E-state index contributed by atoms with van der Waals surface area (Å²) in [7, 11) is 0. The van der Waals surface area contributed by atoms with Crippen molar-refractivity contribution >= 4 is 0 Å². The zero-order valence-electron chi connectivity index (χ0n) is 11.4. The van der Waals surface area contributed by atoms with Crippen LogP contribution >= 0.6 is 0 Å². The maximum Gasteiger partial charge on any atom is 0.0581 e. The quantitative estimate of drug-likeness (QED) is 0.850. The zero-order chi connectivity index (χ0) is 13.0. The van der Waals surface area contributed by atoms with Crippen molar-refractivity contribution in [1.82, 2.24) is 5.32 Å². The molecule has 18 heavy (non-hydrogen) atoms. The van der Waals surface area contributed by atoms with Gasteiger partial charge >= 0.3 is 0 Å². The van der Waals surface area contributed by atoms with E-state index in [1.54, 1.807) is 0 Å². The Labute approximate surface area is 110 Å². The van der Waals surface area contributed by atoms with E-state index in [1.807, 2.05) is 0 Å². The number of rotatable bonds is 4. The summed E-state index contributed by atoms with van der Waals surface area (Å²) in [4.78, 5) is 0. The van der Waals surface area contributed by atoms with E-state index in [-0.39, 0.29) is 6.04 Å². The van der Waals surface area contributed by atoms with Crippen molar-refractivity contribution in [2.24, 2.45) is 0 Å². The van der Waals surface area contributed by atoms with Gasteiger partial charge in [-0.3, -0.25) is 0 Å². The summed E-state index contributed by atoms with van der Waals surface area (Å²) in [5.41, 5.74) is 5.44. The summed E-state index contributed by atoms with van der Waals surface area (Å²) in [5, 5.41) is 3.60. The van der Waals surface area contributed by atoms with Crippen molar-refractivity contribution in [2.75, 3.05) is 6.54 Å². The molecular weight excluding hydrogens is 218 g/mol. The first-order chi connectivity index (χ1) is 8.74. The topological polar surface area (TPSA) is 12.0 Å². The first-order valence-electron chi connectivity index (χ1n) is 6.58. The van der Waals surface area contributed by atoms with E-state index in [4.69, 9.17) is 0 Å². The first-order valence-corrected chi connectivity index (χ1v) is 6.58. The number of aryl methyl sites for hydroxylation is 2. The minimum absolute atomic E-state index is 0.289. The van der Waals surface area contributed by atoms with Crippen LogP contribution in [0.1, 0.15) is 35.2 Å². The van der Waals surface area contributed by atoms with Crippen LogP contribution in [-0.4, -0.2) is 6.54 Å². The number of benzene rings is 2. The zero-order valence-corrected chi connectivity index (χ0v) is 11.4. The number of nitrogens with one attached hydrogen (secondary N) is 1. The van der Waals surface area contributed by atoms with Gasteiger partial charge in [-0.05, 0) is 42.6 Å². The minimum atomic E-state index is 0.289. The van der Waals surface area contributed by atoms with Crippen LogP contribution in [-0.2, 0) is 0 Å². The van der Waals surface area contributed by atoms with Crippen LogP contribution in [0.4, 0.5) is 0 Å². The monoisotopic (exact) mass is 239 g/mol. The molecule has 0 aromatic heterocycles. The molecule has 0 spiro atoms. The molecule has 0 saturated heterocycles. The predicted octanol–water partition coefficient (Wildman–Crippen LogP) is 4.00. The van der Waals surface area contributed by atoms with Crippen molar-refractivity contribution in [2.45, 2.75) is 26.8 Å². The van der Waals surface area contributed by atoms with Gasteiger partial charge in [0, 0.05) is 0 Å². The molecule has 1 atom stereocenters. The summed E-state index contributed by atoms with van der Waals surface area (Å²) in [6, 6.07) is 17.5. The molecule has 2 aromatic rings. The van der Waals surface area contributed by atoms with E-state index in [2.05, 4.69) is 74.6 Å². The molecule has 0 fully saturated rings. The molecule has 0 aliphatic rings. The molecule has 94 valence electrons. The molecule has 0 radical (unpaired) electrons. The molecule has 0 aliphatic carbocycles. The average molecular weight is 239 g/mol. The Morgan fingerprint density at radius 3 is 2.06 bits per heavy atom. The Morgan fingerprint density at radius 2 is 1.50 bits per heavy atom. The van der Waals surface area contributed by atoms with Crippen molar-refractivity contribution < 1.29 is 0 Å². The number of hydrogen-bond acceptors (Lipinski definition) is 1. The average Bonchev–Trinajstić information content (AvgIpc) is 2.38. The highest BCUT2D eigenvalue weighted by Crippen LogP contribution is 2.27. The van der Waals surface area contributed by atoms with Crippen LogP contribution in [0.25, 0.3) is 0 Å². The molecule has 2 aromatic carbocycles. The Hall–Kier alpha value is -1.60. The standard InChI is InChI=1S/C17H21N/c1-4-18-17(15-11-6-5-7-12-15)16-13(2)9-8-10-14(16)3/h5-12,17-18H,4H2,1-3H3. The smallest absolute Gasteiger partial charge is 0.0581 e. The fourth-order valence-corrected chi connectivity index (χ4v) is 2.52. The van der Waals surface area contributed by atoms with Crippen molar-refractivity contribution in [3.63, 3.8) is 0 Å². The Bertz CT molecular complexity index is 482. The molecule has 0 heterocycles. The summed E-state index contributed by atoms with van der Waals surface area (Å²) in [6.45, 7) is 7.50. The summed E-state index contributed by atoms with van der Waals surface area (Å²) < 4.78 is 0. The fourth-order valence-electron chi connectivity index (χ4n) is 2.52. The van der Waals surface area contributed by atoms with Crippen LogP contribution in [0, 0.1) is 13.8 Å². The second-order valence-electron chi connectivity index (χ2n) is 4.71. The van der Waals surface area contributed by atoms with Crippen LogP contribution in [0.15, 0.2) is 48.5 Å². The normalized spacial score (nSPS) is 12.4. The van der Waals surface area contributed by atoms with E-state index < -0.39 is 0 Å². The van der Waals surface area contributed by atoms with Gasteiger partial charge in [0.2, 0.25) is 0 Å². The van der Waals surface area contributed by atoms with E-state index >= 15 is 0 Å². The SMILES string of the molecule is CCNC(c1ccccc1)c1c(C)cccc1C. The Balaban J connectivity index is 2.48. The lowest BCUT2D eigenvalue weighted by Gasteiger charge is -2.23. The van der Waals surface area contributed by atoms with Gasteiger partial charge in [-0.1, -0.05) is 55.5 Å². The molecule has 1 unspecified atom stereocenters. The fraction of sp³-hybridized carbons (Fsp3) is 0.294. The van der Waals surface area contributed by atoms with Gasteiger partial charge in [0.25, 0.3) is 0 Å². The van der Waals surface area contributed by atoms with Gasteiger partial charge in [0.05, 0.1) is 6.04 Å². The van der Waals surface area contributed by atoms with E-state index in [9.17, 15) is 0 Å². The van der Waals surface area contributed by atoms with Crippen LogP contribution in [0.3, 0.4) is 0 Å². The third-order valence-corrected chi connectivity index (χ3v) is 3.37. The first kappa shape index (κ1) is 12.8. The van der Waals surface area contributed by atoms with E-state index in [0.29, 0.717) is 0 Å². The Morgan fingerprint density at radius 1 is 0.889 bits per heavy atom. The molecule has 0 saturated carbocycles. The third kappa shape index (κ3) is 2.62. The molecule has 1 heteroatoms. The molecule has 0 amide bonds. The van der Waals surface area contributed by atoms with Crippen molar-refractivity contribution in [1.29, 1.82) is 0 Å². The second-order valence-corrected chi connectivity index (χ2v) is 4.71. The highest BCUT2D eigenvalue weighted by Gasteiger charge is 2.16. The van der Waals surface area contributed by atoms with Gasteiger partial charge in [-0.25, -0.2) is 0 Å². The van der Waals surface area contributed by atoms with Gasteiger partial charge in [-0.2, -0.15) is 0 Å². The van der Waals surface area contributed by atoms with Crippen LogP contribution < -0.4 is 5.32 Å². The highest BCUT2D eigenvalue weighted by atomic mass is 14.9. The Kier molecular flexibility index (Phi) is 4.16. The van der Waals surface area contributed by atoms with Gasteiger partial charge < -0.3 is 5.32 Å². The second kappa shape index (κ2) is 5.83. The van der Waals surface area contributed by atoms with Crippen LogP contribution in [0.5, 0.6) is 0 Å². The molecular formula is C17H21N. The highest BCUT2D eigenvalue weighted by molar-refractivity contribution is 5.41. The maximum atomic E-state index is 3.60. The molecule has 0 bridgehead atoms. The van der Waals surface area contributed by atoms with Gasteiger partial charge in [0.15, 0.2) is 0 Å². The summed E-state index contributed by atoms with van der Waals surface area (Å²) >= 11 is 0. The van der Waals surface area contributed by atoms with Crippen LogP contribution in [0.2, 0.25) is 0 Å². The van der Waals surface area contributed by atoms with Gasteiger partial charge in [-0.15, -0.1) is 0 Å². The molecule has 2 rings (SSSR count). The lowest BCUT2D eigenvalue weighted by atomic mass is 9.91. The lowest BCUT2D eigenvalue weighted by molar-refractivity contribution is 0.625. The third-order valence-electron chi connectivity index (χ3n) is 3.37. The van der Waals surface area contributed by atoms with E-state index in [1.165, 1.54) is 22.3 Å². The lowest BCUT2D eigenvalue weighted by Crippen LogP contribution is -2.23. The largest absolute Gasteiger partial charge is 0.307 e. The van der Waals surface area contributed by atoms with E-state index in [0.717, 1.165) is 6.54 Å². The minimum Gasteiger partial charge on any atom is -0.307 e. The predicted molar refractivity (Wildman–Crippen MR) is 77.9 cm³/mol. The van der Waals surface area contributed by atoms with Crippen molar-refractivity contribution in [3.8, 4) is 0 Å². The van der Waals surface area contributed by atoms with Crippen molar-refractivity contribution in [3.05, 3.63) is 70.8 Å². The summed E-state index contributed by atoms with van der Waals surface area (Å²) in [6.07, 6.45) is 0.